The molecule has 0 aromatic heterocycles. The number of aliphatic hydroxyl groups is 1. The van der Waals surface area contributed by atoms with Crippen LogP contribution in [-0.4, -0.2) is 46.2 Å². The molecule has 2 N–H and O–H groups in total. The minimum atomic E-state index is -0.915. The average molecular weight is 273 g/mol. The van der Waals surface area contributed by atoms with E-state index in [4.69, 9.17) is 5.11 Å². The number of aliphatic carboxylic acids is 1. The maximum atomic E-state index is 12.0. The van der Waals surface area contributed by atoms with E-state index in [9.17, 15) is 14.7 Å². The van der Waals surface area contributed by atoms with Crippen LogP contribution < -0.4 is 0 Å². The van der Waals surface area contributed by atoms with Gasteiger partial charge in [-0.1, -0.05) is 26.7 Å². The summed E-state index contributed by atoms with van der Waals surface area (Å²) in [6.45, 7) is 4.39. The van der Waals surface area contributed by atoms with E-state index < -0.39 is 11.6 Å². The molecule has 0 aromatic rings. The van der Waals surface area contributed by atoms with Crippen molar-refractivity contribution in [3.63, 3.8) is 0 Å². The summed E-state index contributed by atoms with van der Waals surface area (Å²) in [7, 11) is 1.66. The highest BCUT2D eigenvalue weighted by Crippen LogP contribution is 2.24. The van der Waals surface area contributed by atoms with E-state index in [1.54, 1.807) is 7.05 Å². The lowest BCUT2D eigenvalue weighted by molar-refractivity contribution is -0.139. The van der Waals surface area contributed by atoms with Gasteiger partial charge in [-0.2, -0.15) is 0 Å². The number of rotatable bonds is 10. The summed E-state index contributed by atoms with van der Waals surface area (Å²) < 4.78 is 0. The highest BCUT2D eigenvalue weighted by Gasteiger charge is 2.29. The number of hydrogen-bond donors (Lipinski definition) is 2. The SMILES string of the molecule is CCCC(O)(CCC)CC(=O)N(C)CCCC(=O)O. The summed E-state index contributed by atoms with van der Waals surface area (Å²) in [4.78, 5) is 23.9. The van der Waals surface area contributed by atoms with Crippen LogP contribution in [0.5, 0.6) is 0 Å². The van der Waals surface area contributed by atoms with Crippen molar-refractivity contribution in [2.24, 2.45) is 0 Å². The number of carbonyl (C=O) groups is 2. The topological polar surface area (TPSA) is 77.8 Å². The zero-order chi connectivity index (χ0) is 14.9. The minimum Gasteiger partial charge on any atom is -0.481 e. The van der Waals surface area contributed by atoms with Crippen LogP contribution >= 0.6 is 0 Å². The molecule has 0 radical (unpaired) electrons. The molecule has 5 heteroatoms. The lowest BCUT2D eigenvalue weighted by Crippen LogP contribution is -2.38. The monoisotopic (exact) mass is 273 g/mol. The molecule has 0 bridgehead atoms. The van der Waals surface area contributed by atoms with Crippen molar-refractivity contribution in [3.8, 4) is 0 Å². The molecule has 1 amide bonds. The van der Waals surface area contributed by atoms with Crippen LogP contribution in [0.3, 0.4) is 0 Å². The summed E-state index contributed by atoms with van der Waals surface area (Å²) in [6, 6.07) is 0. The number of amides is 1. The molecule has 0 fully saturated rings. The van der Waals surface area contributed by atoms with Crippen molar-refractivity contribution < 1.29 is 19.8 Å². The maximum absolute atomic E-state index is 12.0. The Labute approximate surface area is 115 Å². The summed E-state index contributed by atoms with van der Waals surface area (Å²) >= 11 is 0. The second-order valence-electron chi connectivity index (χ2n) is 5.21. The van der Waals surface area contributed by atoms with E-state index in [2.05, 4.69) is 0 Å². The lowest BCUT2D eigenvalue weighted by atomic mass is 9.89. The van der Waals surface area contributed by atoms with Gasteiger partial charge in [-0.25, -0.2) is 0 Å². The lowest BCUT2D eigenvalue weighted by Gasteiger charge is -2.29. The average Bonchev–Trinajstić information content (AvgIpc) is 2.28. The zero-order valence-corrected chi connectivity index (χ0v) is 12.3. The standard InChI is InChI=1S/C14H27NO4/c1-4-8-14(19,9-5-2)11-12(16)15(3)10-6-7-13(17)18/h19H,4-11H2,1-3H3,(H,17,18). The molecule has 0 aliphatic heterocycles. The smallest absolute Gasteiger partial charge is 0.303 e. The summed E-state index contributed by atoms with van der Waals surface area (Å²) in [5, 5.41) is 19.0. The van der Waals surface area contributed by atoms with E-state index >= 15 is 0 Å². The van der Waals surface area contributed by atoms with Crippen molar-refractivity contribution in [2.45, 2.75) is 64.4 Å². The normalized spacial score (nSPS) is 11.4. The predicted octanol–water partition coefficient (Wildman–Crippen LogP) is 2.03. The van der Waals surface area contributed by atoms with Crippen LogP contribution in [0, 0.1) is 0 Å². The van der Waals surface area contributed by atoms with E-state index in [1.165, 1.54) is 4.90 Å². The molecular weight excluding hydrogens is 246 g/mol. The molecular formula is C14H27NO4. The number of carbonyl (C=O) groups excluding carboxylic acids is 1. The van der Waals surface area contributed by atoms with Gasteiger partial charge in [0.2, 0.25) is 5.91 Å². The van der Waals surface area contributed by atoms with E-state index in [0.717, 1.165) is 12.8 Å². The van der Waals surface area contributed by atoms with E-state index in [0.29, 0.717) is 25.8 Å². The third-order valence-corrected chi connectivity index (χ3v) is 3.22. The Morgan fingerprint density at radius 3 is 2.11 bits per heavy atom. The van der Waals surface area contributed by atoms with Crippen molar-refractivity contribution in [1.82, 2.24) is 4.90 Å². The van der Waals surface area contributed by atoms with Gasteiger partial charge in [0.15, 0.2) is 0 Å². The van der Waals surface area contributed by atoms with Crippen LogP contribution in [-0.2, 0) is 9.59 Å². The first-order chi connectivity index (χ1) is 8.84. The quantitative estimate of drug-likeness (QED) is 0.638. The Hall–Kier alpha value is -1.10. The highest BCUT2D eigenvalue weighted by molar-refractivity contribution is 5.77. The largest absolute Gasteiger partial charge is 0.481 e. The molecule has 112 valence electrons. The number of hydrogen-bond acceptors (Lipinski definition) is 3. The molecule has 0 aliphatic carbocycles. The van der Waals surface area contributed by atoms with Crippen LogP contribution in [0.15, 0.2) is 0 Å². The third-order valence-electron chi connectivity index (χ3n) is 3.22. The van der Waals surface area contributed by atoms with Crippen molar-refractivity contribution in [2.75, 3.05) is 13.6 Å². The van der Waals surface area contributed by atoms with Gasteiger partial charge in [-0.15, -0.1) is 0 Å². The van der Waals surface area contributed by atoms with E-state index in [1.807, 2.05) is 13.8 Å². The highest BCUT2D eigenvalue weighted by atomic mass is 16.4. The van der Waals surface area contributed by atoms with Crippen molar-refractivity contribution >= 4 is 11.9 Å². The predicted molar refractivity (Wildman–Crippen MR) is 73.9 cm³/mol. The number of carboxylic acid groups (broad SMARTS) is 1. The Morgan fingerprint density at radius 1 is 1.16 bits per heavy atom. The molecule has 0 atom stereocenters. The summed E-state index contributed by atoms with van der Waals surface area (Å²) in [6.07, 6.45) is 3.55. The van der Waals surface area contributed by atoms with Gasteiger partial charge in [0.25, 0.3) is 0 Å². The summed E-state index contributed by atoms with van der Waals surface area (Å²) in [5.74, 6) is -0.968. The molecule has 5 nitrogen and oxygen atoms in total. The van der Waals surface area contributed by atoms with Crippen LogP contribution in [0.1, 0.15) is 58.8 Å². The Kier molecular flexibility index (Phi) is 8.39. The van der Waals surface area contributed by atoms with Gasteiger partial charge in [-0.3, -0.25) is 9.59 Å². The van der Waals surface area contributed by atoms with Gasteiger partial charge in [0.05, 0.1) is 12.0 Å². The fourth-order valence-corrected chi connectivity index (χ4v) is 2.24. The second-order valence-corrected chi connectivity index (χ2v) is 5.21. The molecule has 0 aromatic carbocycles. The first kappa shape index (κ1) is 17.9. The Balaban J connectivity index is 4.26. The molecule has 19 heavy (non-hydrogen) atoms. The first-order valence-corrected chi connectivity index (χ1v) is 7.02. The van der Waals surface area contributed by atoms with Gasteiger partial charge >= 0.3 is 5.97 Å². The molecule has 0 heterocycles. The van der Waals surface area contributed by atoms with Crippen molar-refractivity contribution in [1.29, 1.82) is 0 Å². The molecule has 0 spiro atoms. The molecule has 0 saturated carbocycles. The fourth-order valence-electron chi connectivity index (χ4n) is 2.24. The molecule has 0 rings (SSSR count). The molecule has 0 unspecified atom stereocenters. The first-order valence-electron chi connectivity index (χ1n) is 7.02. The summed E-state index contributed by atoms with van der Waals surface area (Å²) in [5.41, 5.74) is -0.915. The van der Waals surface area contributed by atoms with Crippen LogP contribution in [0.2, 0.25) is 0 Å². The van der Waals surface area contributed by atoms with Gasteiger partial charge in [-0.05, 0) is 19.3 Å². The molecule has 0 saturated heterocycles. The Morgan fingerprint density at radius 2 is 1.68 bits per heavy atom. The van der Waals surface area contributed by atoms with Gasteiger partial charge in [0, 0.05) is 20.0 Å². The van der Waals surface area contributed by atoms with Gasteiger partial charge < -0.3 is 15.1 Å². The fraction of sp³-hybridized carbons (Fsp3) is 0.857. The van der Waals surface area contributed by atoms with Crippen LogP contribution in [0.4, 0.5) is 0 Å². The van der Waals surface area contributed by atoms with Crippen LogP contribution in [0.25, 0.3) is 0 Å². The third kappa shape index (κ3) is 7.82. The van der Waals surface area contributed by atoms with E-state index in [-0.39, 0.29) is 18.7 Å². The second kappa shape index (κ2) is 8.91. The molecule has 0 aliphatic rings. The number of nitrogens with zero attached hydrogens (tertiary/aromatic N) is 1. The van der Waals surface area contributed by atoms with Gasteiger partial charge in [0.1, 0.15) is 0 Å². The van der Waals surface area contributed by atoms with Crippen molar-refractivity contribution in [3.05, 3.63) is 0 Å². The maximum Gasteiger partial charge on any atom is 0.303 e. The zero-order valence-electron chi connectivity index (χ0n) is 12.3. The Bertz CT molecular complexity index is 285. The minimum absolute atomic E-state index is 0.0613. The number of carboxylic acids is 1.